The lowest BCUT2D eigenvalue weighted by molar-refractivity contribution is -0.125. The molecule has 2 nitrogen and oxygen atoms in total. The summed E-state index contributed by atoms with van der Waals surface area (Å²) in [7, 11) is 0. The third-order valence-electron chi connectivity index (χ3n) is 6.23. The highest BCUT2D eigenvalue weighted by Gasteiger charge is 2.62. The molecule has 3 aliphatic rings. The maximum absolute atomic E-state index is 13.3. The van der Waals surface area contributed by atoms with Gasteiger partial charge in [-0.25, -0.2) is 0 Å². The van der Waals surface area contributed by atoms with Gasteiger partial charge in [0.2, 0.25) is 0 Å². The molecule has 1 unspecified atom stereocenters. The molecule has 0 N–H and O–H groups in total. The first-order valence-corrected chi connectivity index (χ1v) is 8.83. The van der Waals surface area contributed by atoms with Gasteiger partial charge in [0.1, 0.15) is 5.92 Å². The Labute approximate surface area is 143 Å². The zero-order valence-corrected chi connectivity index (χ0v) is 15.0. The molecule has 0 spiro atoms. The topological polar surface area (TPSA) is 34.1 Å². The number of hydrogen-bond acceptors (Lipinski definition) is 2. The van der Waals surface area contributed by atoms with Crippen molar-refractivity contribution in [1.82, 2.24) is 0 Å². The number of benzene rings is 1. The molecule has 1 aromatic rings. The Morgan fingerprint density at radius 3 is 1.71 bits per heavy atom. The predicted molar refractivity (Wildman–Crippen MR) is 94.9 cm³/mol. The van der Waals surface area contributed by atoms with Gasteiger partial charge < -0.3 is 0 Å². The Balaban J connectivity index is 1.82. The van der Waals surface area contributed by atoms with Gasteiger partial charge in [-0.05, 0) is 51.3 Å². The van der Waals surface area contributed by atoms with Crippen LogP contribution in [-0.2, 0) is 9.59 Å². The third-order valence-corrected chi connectivity index (χ3v) is 6.23. The van der Waals surface area contributed by atoms with Crippen LogP contribution in [0, 0.1) is 44.4 Å². The molecule has 2 bridgehead atoms. The monoisotopic (exact) mass is 320 g/mol. The average Bonchev–Trinajstić information content (AvgIpc) is 3.11. The van der Waals surface area contributed by atoms with E-state index in [2.05, 4.69) is 45.1 Å². The minimum atomic E-state index is -0.552. The van der Waals surface area contributed by atoms with Gasteiger partial charge in [-0.3, -0.25) is 9.59 Å². The van der Waals surface area contributed by atoms with Crippen molar-refractivity contribution in [2.24, 2.45) is 23.7 Å². The molecule has 2 fully saturated rings. The minimum Gasteiger partial charge on any atom is -0.298 e. The largest absolute Gasteiger partial charge is 0.298 e. The summed E-state index contributed by atoms with van der Waals surface area (Å²) in [5, 5.41) is 0. The van der Waals surface area contributed by atoms with Crippen molar-refractivity contribution in [3.63, 3.8) is 0 Å². The molecule has 0 saturated heterocycles. The zero-order chi connectivity index (χ0) is 17.3. The number of Topliss-reactive ketones (excluding diaryl/α,β-unsaturated/α-hetero) is 2. The summed E-state index contributed by atoms with van der Waals surface area (Å²) in [5.74, 6) is -0.226. The normalized spacial score (nSPS) is 33.5. The number of rotatable bonds is 1. The lowest BCUT2D eigenvalue weighted by Crippen LogP contribution is -2.21. The van der Waals surface area contributed by atoms with Gasteiger partial charge in [0.15, 0.2) is 11.6 Å². The number of carbonyl (C=O) groups excluding carboxylic acids is 2. The lowest BCUT2D eigenvalue weighted by atomic mass is 9.83. The van der Waals surface area contributed by atoms with Crippen molar-refractivity contribution in [3.05, 3.63) is 57.7 Å². The number of ketones is 2. The minimum absolute atomic E-state index is 0.137. The second-order valence-corrected chi connectivity index (χ2v) is 7.99. The van der Waals surface area contributed by atoms with E-state index in [-0.39, 0.29) is 35.2 Å². The van der Waals surface area contributed by atoms with E-state index >= 15 is 0 Å². The van der Waals surface area contributed by atoms with Gasteiger partial charge >= 0.3 is 0 Å². The number of carbonyl (C=O) groups is 2. The number of fused-ring (bicyclic) bond motifs is 5. The zero-order valence-electron chi connectivity index (χ0n) is 15.0. The van der Waals surface area contributed by atoms with Crippen LogP contribution in [0.25, 0.3) is 0 Å². The van der Waals surface area contributed by atoms with Crippen molar-refractivity contribution >= 4 is 11.6 Å². The van der Waals surface area contributed by atoms with E-state index in [1.54, 1.807) is 0 Å². The lowest BCUT2D eigenvalue weighted by Gasteiger charge is -2.19. The maximum atomic E-state index is 13.3. The van der Waals surface area contributed by atoms with Crippen LogP contribution >= 0.6 is 0 Å². The second kappa shape index (κ2) is 5.02. The predicted octanol–water partition coefficient (Wildman–Crippen LogP) is 4.23. The smallest absolute Gasteiger partial charge is 0.152 e. The van der Waals surface area contributed by atoms with Gasteiger partial charge in [0.25, 0.3) is 0 Å². The number of allylic oxidation sites excluding steroid dienone is 4. The molecule has 5 atom stereocenters. The Bertz CT molecular complexity index is 779. The number of aryl methyl sites for hydroxylation is 3. The van der Waals surface area contributed by atoms with Gasteiger partial charge in [0, 0.05) is 23.7 Å². The Morgan fingerprint density at radius 1 is 0.833 bits per heavy atom. The van der Waals surface area contributed by atoms with Crippen LogP contribution in [0.3, 0.4) is 0 Å². The Hall–Kier alpha value is -1.96. The van der Waals surface area contributed by atoms with Crippen molar-refractivity contribution in [3.8, 4) is 0 Å². The maximum Gasteiger partial charge on any atom is 0.152 e. The molecular formula is C22H24O2. The van der Waals surface area contributed by atoms with E-state index in [0.29, 0.717) is 0 Å². The molecular weight excluding hydrogens is 296 g/mol. The Kier molecular flexibility index (Phi) is 3.25. The van der Waals surface area contributed by atoms with Crippen molar-refractivity contribution in [2.45, 2.75) is 40.5 Å². The van der Waals surface area contributed by atoms with E-state index < -0.39 is 5.92 Å². The first kappa shape index (κ1) is 15.6. The molecule has 2 saturated carbocycles. The van der Waals surface area contributed by atoms with E-state index in [4.69, 9.17) is 0 Å². The molecule has 124 valence electrons. The van der Waals surface area contributed by atoms with Gasteiger partial charge in [0.05, 0.1) is 0 Å². The van der Waals surface area contributed by atoms with Gasteiger partial charge in [-0.15, -0.1) is 0 Å². The molecule has 0 heterocycles. The molecule has 24 heavy (non-hydrogen) atoms. The van der Waals surface area contributed by atoms with E-state index in [0.717, 1.165) is 16.7 Å². The van der Waals surface area contributed by atoms with E-state index in [1.807, 2.05) is 13.8 Å². The molecule has 2 heteroatoms. The van der Waals surface area contributed by atoms with Crippen LogP contribution in [0.1, 0.15) is 42.0 Å². The van der Waals surface area contributed by atoms with Crippen molar-refractivity contribution in [1.29, 1.82) is 0 Å². The van der Waals surface area contributed by atoms with Crippen LogP contribution < -0.4 is 0 Å². The summed E-state index contributed by atoms with van der Waals surface area (Å²) in [6.07, 6.45) is 4.33. The highest BCUT2D eigenvalue weighted by atomic mass is 16.2. The SMILES string of the molecule is CC(C)=C1[C@H]2C=C[C@@H]1[C@@H]1C(=O)C(c3c(C)cc(C)cc3C)C(=O)[C@@H]12. The standard InChI is InChI=1S/C22H24O2/c1-10(2)16-14-6-7-15(16)19-18(14)21(23)20(22(19)24)17-12(4)8-11(3)9-13(17)5/h6-9,14-15,18-20H,1-5H3/t14-,15+,18-,19+,20?. The van der Waals surface area contributed by atoms with Crippen LogP contribution in [0.5, 0.6) is 0 Å². The highest BCUT2D eigenvalue weighted by Crippen LogP contribution is 2.59. The van der Waals surface area contributed by atoms with Crippen LogP contribution in [0.2, 0.25) is 0 Å². The molecule has 1 aromatic carbocycles. The average molecular weight is 320 g/mol. The third kappa shape index (κ3) is 1.83. The van der Waals surface area contributed by atoms with E-state index in [1.165, 1.54) is 16.7 Å². The van der Waals surface area contributed by atoms with E-state index in [9.17, 15) is 9.59 Å². The Morgan fingerprint density at radius 2 is 1.29 bits per heavy atom. The summed E-state index contributed by atoms with van der Waals surface area (Å²) in [5.41, 5.74) is 6.87. The summed E-state index contributed by atoms with van der Waals surface area (Å²) >= 11 is 0. The van der Waals surface area contributed by atoms with Crippen molar-refractivity contribution in [2.75, 3.05) is 0 Å². The molecule has 0 radical (unpaired) electrons. The summed E-state index contributed by atoms with van der Waals surface area (Å²) in [6.45, 7) is 10.3. The first-order valence-electron chi connectivity index (χ1n) is 8.83. The fourth-order valence-corrected chi connectivity index (χ4v) is 5.57. The quantitative estimate of drug-likeness (QED) is 0.573. The molecule has 4 rings (SSSR count). The summed E-state index contributed by atoms with van der Waals surface area (Å²) in [6, 6.07) is 4.18. The molecule has 0 amide bonds. The van der Waals surface area contributed by atoms with Gasteiger partial charge in [-0.1, -0.05) is 41.0 Å². The number of hydrogen-bond donors (Lipinski definition) is 0. The molecule has 0 aliphatic heterocycles. The summed E-state index contributed by atoms with van der Waals surface area (Å²) < 4.78 is 0. The van der Waals surface area contributed by atoms with Crippen LogP contribution in [-0.4, -0.2) is 11.6 Å². The second-order valence-electron chi connectivity index (χ2n) is 7.99. The fourth-order valence-electron chi connectivity index (χ4n) is 5.57. The van der Waals surface area contributed by atoms with Crippen molar-refractivity contribution < 1.29 is 9.59 Å². The molecule has 3 aliphatic carbocycles. The summed E-state index contributed by atoms with van der Waals surface area (Å²) in [4.78, 5) is 26.5. The molecule has 0 aromatic heterocycles. The van der Waals surface area contributed by atoms with Crippen LogP contribution in [0.15, 0.2) is 35.4 Å². The highest BCUT2D eigenvalue weighted by molar-refractivity contribution is 6.17. The van der Waals surface area contributed by atoms with Crippen LogP contribution in [0.4, 0.5) is 0 Å². The van der Waals surface area contributed by atoms with Gasteiger partial charge in [-0.2, -0.15) is 0 Å². The first-order chi connectivity index (χ1) is 11.3. The fraction of sp³-hybridized carbons (Fsp3) is 0.455.